The average Bonchev–Trinajstić information content (AvgIpc) is 3.57. The molecule has 2 atom stereocenters. The van der Waals surface area contributed by atoms with E-state index in [2.05, 4.69) is 14.9 Å². The van der Waals surface area contributed by atoms with Crippen molar-refractivity contribution in [3.05, 3.63) is 58.9 Å². The number of fused-ring (bicyclic) bond motifs is 1. The fraction of sp³-hybridized carbons (Fsp3) is 0.407. The molecule has 0 aliphatic carbocycles. The maximum absolute atomic E-state index is 13.7. The molecule has 10 nitrogen and oxygen atoms in total. The number of carbonyl (C=O) groups excluding carboxylic acids is 2. The summed E-state index contributed by atoms with van der Waals surface area (Å²) in [6.07, 6.45) is -6.17. The van der Waals surface area contributed by atoms with Gasteiger partial charge in [0.15, 0.2) is 0 Å². The van der Waals surface area contributed by atoms with Gasteiger partial charge in [-0.1, -0.05) is 11.6 Å². The zero-order valence-electron chi connectivity index (χ0n) is 21.7. The van der Waals surface area contributed by atoms with Crippen molar-refractivity contribution in [1.82, 2.24) is 19.8 Å². The second-order valence-electron chi connectivity index (χ2n) is 10.2. The van der Waals surface area contributed by atoms with Crippen LogP contribution in [0.4, 0.5) is 29.5 Å². The van der Waals surface area contributed by atoms with E-state index in [9.17, 15) is 27.9 Å². The highest BCUT2D eigenvalue weighted by Gasteiger charge is 2.41. The molecule has 3 aromatic rings. The van der Waals surface area contributed by atoms with E-state index in [0.29, 0.717) is 54.4 Å². The lowest BCUT2D eigenvalue weighted by Gasteiger charge is -2.38. The summed E-state index contributed by atoms with van der Waals surface area (Å²) in [6.45, 7) is 2.69. The summed E-state index contributed by atoms with van der Waals surface area (Å²) in [7, 11) is 0. The number of amides is 2. The van der Waals surface area contributed by atoms with Gasteiger partial charge in [-0.3, -0.25) is 14.6 Å². The van der Waals surface area contributed by atoms with Gasteiger partial charge < -0.3 is 19.6 Å². The highest BCUT2D eigenvalue weighted by Crippen LogP contribution is 2.36. The Morgan fingerprint density at radius 2 is 1.73 bits per heavy atom. The maximum Gasteiger partial charge on any atom is 0.451 e. The summed E-state index contributed by atoms with van der Waals surface area (Å²) in [5.74, 6) is -1.35. The third kappa shape index (κ3) is 5.36. The van der Waals surface area contributed by atoms with Crippen molar-refractivity contribution in [2.75, 3.05) is 62.2 Å². The Hall–Kier alpha value is -3.68. The predicted octanol–water partition coefficient (Wildman–Crippen LogP) is 3.27. The zero-order chi connectivity index (χ0) is 28.9. The van der Waals surface area contributed by atoms with Gasteiger partial charge in [0, 0.05) is 60.9 Å². The first-order valence-electron chi connectivity index (χ1n) is 13.1. The Morgan fingerprint density at radius 1 is 1.00 bits per heavy atom. The van der Waals surface area contributed by atoms with Crippen LogP contribution in [0.3, 0.4) is 0 Å². The van der Waals surface area contributed by atoms with E-state index in [0.717, 1.165) is 0 Å². The van der Waals surface area contributed by atoms with Gasteiger partial charge in [-0.15, -0.1) is 0 Å². The first kappa shape index (κ1) is 27.5. The summed E-state index contributed by atoms with van der Waals surface area (Å²) in [5.41, 5.74) is 1.07. The minimum Gasteiger partial charge on any atom is -0.447 e. The SMILES string of the molecule is O=C(c1ccc(Cl)cc1)N1CCN(C2CN(c3nc(C(F)(F)F)nc4ccc(N5CCOC5=O)cc34)CC2O)CC1. The lowest BCUT2D eigenvalue weighted by molar-refractivity contribution is -0.144. The van der Waals surface area contributed by atoms with E-state index in [4.69, 9.17) is 16.3 Å². The topological polar surface area (TPSA) is 102 Å². The number of alkyl halides is 3. The van der Waals surface area contributed by atoms with Crippen LogP contribution in [-0.2, 0) is 10.9 Å². The van der Waals surface area contributed by atoms with Crippen molar-refractivity contribution in [3.8, 4) is 0 Å². The maximum atomic E-state index is 13.7. The number of rotatable bonds is 4. The van der Waals surface area contributed by atoms with Gasteiger partial charge >= 0.3 is 12.3 Å². The normalized spacial score (nSPS) is 22.1. The van der Waals surface area contributed by atoms with Crippen molar-refractivity contribution in [2.45, 2.75) is 18.3 Å². The van der Waals surface area contributed by atoms with Gasteiger partial charge in [0.2, 0.25) is 5.82 Å². The van der Waals surface area contributed by atoms with E-state index in [1.165, 1.54) is 17.0 Å². The lowest BCUT2D eigenvalue weighted by atomic mass is 10.1. The molecule has 0 bridgehead atoms. The number of benzene rings is 2. The molecule has 0 saturated carbocycles. The number of halogens is 4. The molecule has 1 N–H and O–H groups in total. The molecule has 0 radical (unpaired) electrons. The second-order valence-corrected chi connectivity index (χ2v) is 10.6. The number of hydrogen-bond acceptors (Lipinski definition) is 8. The average molecular weight is 591 g/mol. The minimum absolute atomic E-state index is 0.0369. The van der Waals surface area contributed by atoms with Gasteiger partial charge in [-0.05, 0) is 42.5 Å². The number of aliphatic hydroxyl groups excluding tert-OH is 1. The van der Waals surface area contributed by atoms with Crippen LogP contribution < -0.4 is 9.80 Å². The standard InChI is InChI=1S/C27H26ClF3N6O4/c28-17-3-1-16(2-4-17)24(39)35-9-7-34(8-10-35)21-14-36(15-22(21)38)23-19-13-18(37-11-12-41-26(37)40)5-6-20(19)32-25(33-23)27(29,30)31/h1-6,13,21-22,38H,7-12,14-15H2. The van der Waals surface area contributed by atoms with Crippen LogP contribution in [0.5, 0.6) is 0 Å². The fourth-order valence-corrected chi connectivity index (χ4v) is 5.72. The molecule has 41 heavy (non-hydrogen) atoms. The highest BCUT2D eigenvalue weighted by atomic mass is 35.5. The Kier molecular flexibility index (Phi) is 7.12. The van der Waals surface area contributed by atoms with Gasteiger partial charge in [0.05, 0.1) is 24.2 Å². The van der Waals surface area contributed by atoms with E-state index >= 15 is 0 Å². The quantitative estimate of drug-likeness (QED) is 0.494. The van der Waals surface area contributed by atoms with Crippen molar-refractivity contribution in [1.29, 1.82) is 0 Å². The van der Waals surface area contributed by atoms with E-state index in [1.54, 1.807) is 40.1 Å². The molecule has 2 aromatic carbocycles. The number of aromatic nitrogens is 2. The molecule has 3 aliphatic rings. The lowest BCUT2D eigenvalue weighted by Crippen LogP contribution is -2.54. The number of ether oxygens (including phenoxy) is 1. The molecule has 3 fully saturated rings. The number of anilines is 2. The van der Waals surface area contributed by atoms with Crippen LogP contribution in [0, 0.1) is 0 Å². The fourth-order valence-electron chi connectivity index (χ4n) is 5.60. The number of carbonyl (C=O) groups is 2. The molecule has 3 saturated heterocycles. The van der Waals surface area contributed by atoms with Gasteiger partial charge in [0.1, 0.15) is 12.4 Å². The van der Waals surface area contributed by atoms with Crippen molar-refractivity contribution >= 4 is 46.0 Å². The van der Waals surface area contributed by atoms with Gasteiger partial charge in [-0.2, -0.15) is 13.2 Å². The molecule has 2 unspecified atom stereocenters. The summed E-state index contributed by atoms with van der Waals surface area (Å²) >= 11 is 5.93. The molecule has 6 rings (SSSR count). The minimum atomic E-state index is -4.77. The third-order valence-corrected chi connectivity index (χ3v) is 7.96. The summed E-state index contributed by atoms with van der Waals surface area (Å²) in [4.78, 5) is 39.4. The van der Waals surface area contributed by atoms with Crippen LogP contribution >= 0.6 is 11.6 Å². The largest absolute Gasteiger partial charge is 0.451 e. The number of cyclic esters (lactones) is 1. The van der Waals surface area contributed by atoms with Crippen LogP contribution in [0.25, 0.3) is 10.9 Å². The molecule has 1 aromatic heterocycles. The van der Waals surface area contributed by atoms with Crippen LogP contribution in [-0.4, -0.2) is 101 Å². The summed E-state index contributed by atoms with van der Waals surface area (Å²) in [6, 6.07) is 10.8. The Morgan fingerprint density at radius 3 is 2.39 bits per heavy atom. The number of β-amino-alcohol motifs (C(OH)–C–C–N with tert-alkyl or cyclic N) is 1. The zero-order valence-corrected chi connectivity index (χ0v) is 22.5. The molecular weight excluding hydrogens is 565 g/mol. The Labute approximate surface area is 237 Å². The smallest absolute Gasteiger partial charge is 0.447 e. The number of piperazine rings is 1. The van der Waals surface area contributed by atoms with Gasteiger partial charge in [0.25, 0.3) is 5.91 Å². The van der Waals surface area contributed by atoms with Crippen LogP contribution in [0.2, 0.25) is 5.02 Å². The van der Waals surface area contributed by atoms with E-state index < -0.39 is 24.2 Å². The first-order valence-corrected chi connectivity index (χ1v) is 13.5. The first-order chi connectivity index (χ1) is 19.6. The Balaban J connectivity index is 1.23. The molecule has 3 aliphatic heterocycles. The number of nitrogens with zero attached hydrogens (tertiary/aromatic N) is 6. The van der Waals surface area contributed by atoms with E-state index in [1.807, 2.05) is 0 Å². The Bertz CT molecular complexity index is 1480. The van der Waals surface area contributed by atoms with E-state index in [-0.39, 0.29) is 43.0 Å². The van der Waals surface area contributed by atoms with Crippen LogP contribution in [0.15, 0.2) is 42.5 Å². The van der Waals surface area contributed by atoms with Crippen LogP contribution in [0.1, 0.15) is 16.2 Å². The highest BCUT2D eigenvalue weighted by molar-refractivity contribution is 6.30. The molecule has 2 amide bonds. The van der Waals surface area contributed by atoms with Gasteiger partial charge in [-0.25, -0.2) is 14.8 Å². The van der Waals surface area contributed by atoms with Crippen molar-refractivity contribution in [3.63, 3.8) is 0 Å². The van der Waals surface area contributed by atoms with Crippen molar-refractivity contribution < 1.29 is 32.6 Å². The predicted molar refractivity (Wildman–Crippen MR) is 144 cm³/mol. The molecular formula is C27H26ClF3N6O4. The van der Waals surface area contributed by atoms with Crippen molar-refractivity contribution in [2.24, 2.45) is 0 Å². The second kappa shape index (κ2) is 10.6. The summed E-state index contributed by atoms with van der Waals surface area (Å²) in [5, 5.41) is 11.9. The molecule has 216 valence electrons. The molecule has 14 heteroatoms. The third-order valence-electron chi connectivity index (χ3n) is 7.71. The number of hydrogen-bond donors (Lipinski definition) is 1. The molecule has 0 spiro atoms. The summed E-state index contributed by atoms with van der Waals surface area (Å²) < 4.78 is 46.2. The molecule has 4 heterocycles. The number of aliphatic hydroxyl groups is 1. The monoisotopic (exact) mass is 590 g/mol.